The van der Waals surface area contributed by atoms with Crippen molar-refractivity contribution >= 4 is 17.3 Å². The Morgan fingerprint density at radius 2 is 2.20 bits per heavy atom. The summed E-state index contributed by atoms with van der Waals surface area (Å²) in [5.41, 5.74) is 5.31. The van der Waals surface area contributed by atoms with E-state index in [4.69, 9.17) is 9.26 Å². The number of pyridine rings is 1. The van der Waals surface area contributed by atoms with Gasteiger partial charge in [-0.05, 0) is 32.9 Å². The number of carbonyl (C=O) groups is 1. The molecule has 0 atom stereocenters. The fraction of sp³-hybridized carbons (Fsp3) is 0.278. The highest BCUT2D eigenvalue weighted by Crippen LogP contribution is 2.26. The highest BCUT2D eigenvalue weighted by Gasteiger charge is 2.23. The number of nitrogens with zero attached hydrogens (tertiary/aromatic N) is 4. The van der Waals surface area contributed by atoms with Crippen LogP contribution in [0, 0.1) is 13.8 Å². The van der Waals surface area contributed by atoms with E-state index in [9.17, 15) is 4.79 Å². The fourth-order valence-electron chi connectivity index (χ4n) is 3.07. The van der Waals surface area contributed by atoms with E-state index < -0.39 is 5.97 Å². The van der Waals surface area contributed by atoms with Crippen LogP contribution in [-0.4, -0.2) is 35.0 Å². The molecule has 25 heavy (non-hydrogen) atoms. The molecule has 0 fully saturated rings. The van der Waals surface area contributed by atoms with E-state index in [1.54, 1.807) is 19.2 Å². The van der Waals surface area contributed by atoms with Crippen molar-refractivity contribution in [2.24, 2.45) is 9.98 Å². The number of aromatic nitrogens is 2. The molecule has 2 aliphatic rings. The van der Waals surface area contributed by atoms with E-state index in [-0.39, 0.29) is 0 Å². The van der Waals surface area contributed by atoms with Crippen molar-refractivity contribution in [1.82, 2.24) is 10.1 Å². The van der Waals surface area contributed by atoms with Crippen LogP contribution in [0.1, 0.15) is 18.4 Å². The first-order valence-electron chi connectivity index (χ1n) is 8.03. The monoisotopic (exact) mass is 336 g/mol. The lowest BCUT2D eigenvalue weighted by molar-refractivity contribution is -0.134. The first-order valence-corrected chi connectivity index (χ1v) is 8.03. The molecule has 0 saturated heterocycles. The van der Waals surface area contributed by atoms with E-state index in [1.165, 1.54) is 0 Å². The lowest BCUT2D eigenvalue weighted by atomic mass is 10.0. The second-order valence-corrected chi connectivity index (χ2v) is 5.84. The first-order chi connectivity index (χ1) is 12.1. The number of aryl methyl sites for hydroxylation is 2. The molecule has 7 heteroatoms. The summed E-state index contributed by atoms with van der Waals surface area (Å²) < 4.78 is 10.2. The molecular formula is C18H16N4O3. The molecule has 4 heterocycles. The van der Waals surface area contributed by atoms with Gasteiger partial charge in [-0.2, -0.15) is 0 Å². The zero-order valence-corrected chi connectivity index (χ0v) is 14.2. The van der Waals surface area contributed by atoms with Crippen molar-refractivity contribution in [2.75, 3.05) is 13.2 Å². The predicted octanol–water partition coefficient (Wildman–Crippen LogP) is 1.04. The summed E-state index contributed by atoms with van der Waals surface area (Å²) in [6, 6.07) is 2.03. The molecule has 2 aromatic rings. The second kappa shape index (κ2) is 5.77. The van der Waals surface area contributed by atoms with Crippen LogP contribution < -0.4 is 10.7 Å². The number of carbonyl (C=O) groups excluding carboxylic acids is 1. The third-order valence-electron chi connectivity index (χ3n) is 4.21. The average Bonchev–Trinajstić information content (AvgIpc) is 3.13. The largest absolute Gasteiger partial charge is 0.461 e. The maximum atomic E-state index is 11.9. The van der Waals surface area contributed by atoms with Crippen LogP contribution in [-0.2, 0) is 9.53 Å². The number of fused-ring (bicyclic) bond motifs is 2. The fourth-order valence-corrected chi connectivity index (χ4v) is 3.07. The van der Waals surface area contributed by atoms with Crippen LogP contribution in [0.2, 0.25) is 0 Å². The van der Waals surface area contributed by atoms with Gasteiger partial charge in [0.05, 0.1) is 24.5 Å². The van der Waals surface area contributed by atoms with Crippen molar-refractivity contribution in [3.63, 3.8) is 0 Å². The van der Waals surface area contributed by atoms with Crippen LogP contribution in [0.5, 0.6) is 0 Å². The molecule has 2 aromatic heterocycles. The van der Waals surface area contributed by atoms with E-state index in [1.807, 2.05) is 19.9 Å². The molecule has 0 bridgehead atoms. The van der Waals surface area contributed by atoms with Crippen molar-refractivity contribution in [3.05, 3.63) is 46.2 Å². The first kappa shape index (κ1) is 15.4. The van der Waals surface area contributed by atoms with E-state index in [2.05, 4.69) is 20.1 Å². The summed E-state index contributed by atoms with van der Waals surface area (Å²) in [4.78, 5) is 25.2. The zero-order valence-electron chi connectivity index (χ0n) is 14.2. The summed E-state index contributed by atoms with van der Waals surface area (Å²) in [7, 11) is 0. The normalized spacial score (nSPS) is 15.1. The third kappa shape index (κ3) is 2.48. The standard InChI is InChI=1S/C18H16N4O3/c1-4-24-18(23)15-6-14-13(8-19-15)12-5-11(7-20-17(12)21-14)16-9(2)22-25-10(16)3/h5-7H,4,8H2,1-3H3. The number of aliphatic imine (C=N–C) groups is 1. The van der Waals surface area contributed by atoms with Crippen LogP contribution in [0.15, 0.2) is 38.5 Å². The van der Waals surface area contributed by atoms with Crippen molar-refractivity contribution in [1.29, 1.82) is 0 Å². The van der Waals surface area contributed by atoms with Gasteiger partial charge in [0.15, 0.2) is 5.49 Å². The van der Waals surface area contributed by atoms with Crippen LogP contribution >= 0.6 is 0 Å². The number of dihydropyridines is 1. The summed E-state index contributed by atoms with van der Waals surface area (Å²) >= 11 is 0. The molecule has 0 N–H and O–H groups in total. The molecular weight excluding hydrogens is 320 g/mol. The zero-order chi connectivity index (χ0) is 17.6. The van der Waals surface area contributed by atoms with Crippen LogP contribution in [0.3, 0.4) is 0 Å². The van der Waals surface area contributed by atoms with Gasteiger partial charge in [0.1, 0.15) is 11.5 Å². The Morgan fingerprint density at radius 1 is 1.36 bits per heavy atom. The van der Waals surface area contributed by atoms with Gasteiger partial charge in [0, 0.05) is 28.1 Å². The molecule has 126 valence electrons. The number of hydrogen-bond donors (Lipinski definition) is 0. The minimum atomic E-state index is -0.426. The van der Waals surface area contributed by atoms with E-state index in [0.29, 0.717) is 24.4 Å². The third-order valence-corrected chi connectivity index (χ3v) is 4.21. The highest BCUT2D eigenvalue weighted by atomic mass is 16.5. The molecule has 0 spiro atoms. The smallest absolute Gasteiger partial charge is 0.356 e. The van der Waals surface area contributed by atoms with Gasteiger partial charge >= 0.3 is 5.97 Å². The predicted molar refractivity (Wildman–Crippen MR) is 90.4 cm³/mol. The molecule has 0 amide bonds. The molecule has 0 aliphatic carbocycles. The van der Waals surface area contributed by atoms with Crippen LogP contribution in [0.4, 0.5) is 0 Å². The number of hydrogen-bond acceptors (Lipinski definition) is 7. The molecule has 0 aromatic carbocycles. The molecule has 0 saturated carbocycles. The molecule has 4 rings (SSSR count). The van der Waals surface area contributed by atoms with Gasteiger partial charge in [-0.3, -0.25) is 4.99 Å². The molecule has 0 unspecified atom stereocenters. The Balaban J connectivity index is 1.80. The summed E-state index contributed by atoms with van der Waals surface area (Å²) in [6.07, 6.45) is 3.43. The summed E-state index contributed by atoms with van der Waals surface area (Å²) in [6.45, 7) is 6.24. The van der Waals surface area contributed by atoms with Crippen molar-refractivity contribution in [3.8, 4) is 11.1 Å². The van der Waals surface area contributed by atoms with Gasteiger partial charge < -0.3 is 9.26 Å². The molecule has 7 nitrogen and oxygen atoms in total. The molecule has 2 aliphatic heterocycles. The average molecular weight is 336 g/mol. The number of esters is 1. The van der Waals surface area contributed by atoms with Gasteiger partial charge in [0.25, 0.3) is 0 Å². The van der Waals surface area contributed by atoms with E-state index in [0.717, 1.165) is 39.1 Å². The lowest BCUT2D eigenvalue weighted by Gasteiger charge is -2.10. The Bertz CT molecular complexity index is 1060. The Morgan fingerprint density at radius 3 is 2.92 bits per heavy atom. The minimum absolute atomic E-state index is 0.295. The quantitative estimate of drug-likeness (QED) is 0.781. The Labute approximate surface area is 143 Å². The van der Waals surface area contributed by atoms with E-state index >= 15 is 0 Å². The SMILES string of the molecule is CCOC(=O)C1=NCC2=c3cc(-c4c(C)noc4C)cnc3=NC2=C1. The maximum absolute atomic E-state index is 11.9. The Hall–Kier alpha value is -3.09. The van der Waals surface area contributed by atoms with Gasteiger partial charge in [-0.1, -0.05) is 5.16 Å². The number of rotatable bonds is 3. The minimum Gasteiger partial charge on any atom is -0.461 e. The summed E-state index contributed by atoms with van der Waals surface area (Å²) in [5.74, 6) is 0.325. The second-order valence-electron chi connectivity index (χ2n) is 5.84. The van der Waals surface area contributed by atoms with Crippen molar-refractivity contribution < 1.29 is 14.1 Å². The maximum Gasteiger partial charge on any atom is 0.356 e. The Kier molecular flexibility index (Phi) is 3.56. The van der Waals surface area contributed by atoms with Gasteiger partial charge in [-0.15, -0.1) is 0 Å². The molecule has 0 radical (unpaired) electrons. The van der Waals surface area contributed by atoms with Gasteiger partial charge in [0.2, 0.25) is 0 Å². The lowest BCUT2D eigenvalue weighted by Crippen LogP contribution is -2.27. The highest BCUT2D eigenvalue weighted by molar-refractivity contribution is 6.42. The van der Waals surface area contributed by atoms with Crippen molar-refractivity contribution in [2.45, 2.75) is 20.8 Å². The number of ether oxygens (including phenoxy) is 1. The summed E-state index contributed by atoms with van der Waals surface area (Å²) in [5, 5.41) is 4.92. The topological polar surface area (TPSA) is 89.9 Å². The van der Waals surface area contributed by atoms with Gasteiger partial charge in [-0.25, -0.2) is 14.8 Å². The van der Waals surface area contributed by atoms with Crippen LogP contribution in [0.25, 0.3) is 16.7 Å².